The van der Waals surface area contributed by atoms with Crippen molar-refractivity contribution in [2.45, 2.75) is 77.9 Å². The Hall–Kier alpha value is -1.65. The summed E-state index contributed by atoms with van der Waals surface area (Å²) in [7, 11) is 0. The van der Waals surface area contributed by atoms with Gasteiger partial charge in [-0.15, -0.1) is 0 Å². The van der Waals surface area contributed by atoms with Crippen molar-refractivity contribution < 1.29 is 23.9 Å². The lowest BCUT2D eigenvalue weighted by molar-refractivity contribution is -0.179. The van der Waals surface area contributed by atoms with Crippen LogP contribution in [0.5, 0.6) is 0 Å². The van der Waals surface area contributed by atoms with Crippen LogP contribution in [0.3, 0.4) is 0 Å². The summed E-state index contributed by atoms with van der Waals surface area (Å²) in [4.78, 5) is 35.4. The molecule has 7 atom stereocenters. The lowest BCUT2D eigenvalue weighted by Crippen LogP contribution is -2.55. The van der Waals surface area contributed by atoms with Crippen molar-refractivity contribution in [2.75, 3.05) is 0 Å². The number of carbonyl (C=O) groups excluding carboxylic acids is 3. The third kappa shape index (κ3) is 3.13. The highest BCUT2D eigenvalue weighted by molar-refractivity contribution is 5.91. The van der Waals surface area contributed by atoms with Gasteiger partial charge in [0.1, 0.15) is 12.2 Å². The van der Waals surface area contributed by atoms with Crippen LogP contribution in [-0.4, -0.2) is 29.9 Å². The Morgan fingerprint density at radius 1 is 1.04 bits per heavy atom. The van der Waals surface area contributed by atoms with Gasteiger partial charge in [-0.05, 0) is 62.4 Å². The standard InChI is InChI=1S/C22H30O5/c1-12(23)26-19-11-22(3)18(8-9-20(22)27-13(2)24)17-6-4-14-10-15(25)5-7-16(14)21(17)19/h10,16-21H,4-9,11H2,1-3H3/t16-,17-,18+,19+,20+,21-,22+/m0/s1. The monoisotopic (exact) mass is 374 g/mol. The average molecular weight is 374 g/mol. The zero-order valence-electron chi connectivity index (χ0n) is 16.5. The minimum atomic E-state index is -0.245. The number of allylic oxidation sites excluding steroid dienone is 1. The van der Waals surface area contributed by atoms with Gasteiger partial charge < -0.3 is 9.47 Å². The molecule has 3 saturated carbocycles. The largest absolute Gasteiger partial charge is 0.462 e. The van der Waals surface area contributed by atoms with Crippen molar-refractivity contribution in [3.63, 3.8) is 0 Å². The van der Waals surface area contributed by atoms with Gasteiger partial charge in [-0.3, -0.25) is 14.4 Å². The lowest BCUT2D eigenvalue weighted by atomic mass is 9.51. The molecule has 4 aliphatic carbocycles. The summed E-state index contributed by atoms with van der Waals surface area (Å²) in [5, 5.41) is 0. The molecule has 0 amide bonds. The maximum absolute atomic E-state index is 11.9. The molecule has 4 rings (SSSR count). The van der Waals surface area contributed by atoms with E-state index in [-0.39, 0.29) is 41.3 Å². The summed E-state index contributed by atoms with van der Waals surface area (Å²) < 4.78 is 11.6. The fourth-order valence-electron chi connectivity index (χ4n) is 6.91. The minimum Gasteiger partial charge on any atom is -0.462 e. The molecule has 5 nitrogen and oxygen atoms in total. The first-order chi connectivity index (χ1) is 12.8. The van der Waals surface area contributed by atoms with E-state index in [1.165, 1.54) is 19.4 Å². The fourth-order valence-corrected chi connectivity index (χ4v) is 6.91. The third-order valence-electron chi connectivity index (χ3n) is 7.78. The van der Waals surface area contributed by atoms with Gasteiger partial charge in [0.05, 0.1) is 0 Å². The SMILES string of the molecule is CC(=O)O[C@@H]1C[C@]2(C)[C@H](CC[C@H]2OC(C)=O)[C@@H]2CCC3=CC(=O)CC[C@@H]3[C@@H]21. The Balaban J connectivity index is 1.68. The third-order valence-corrected chi connectivity index (χ3v) is 7.78. The van der Waals surface area contributed by atoms with Crippen LogP contribution in [0.25, 0.3) is 0 Å². The van der Waals surface area contributed by atoms with E-state index in [9.17, 15) is 14.4 Å². The topological polar surface area (TPSA) is 69.7 Å². The van der Waals surface area contributed by atoms with E-state index < -0.39 is 0 Å². The Morgan fingerprint density at radius 2 is 1.78 bits per heavy atom. The minimum absolute atomic E-state index is 0.0936. The van der Waals surface area contributed by atoms with E-state index >= 15 is 0 Å². The van der Waals surface area contributed by atoms with Gasteiger partial charge in [0.2, 0.25) is 0 Å². The average Bonchev–Trinajstić information content (AvgIpc) is 2.89. The van der Waals surface area contributed by atoms with Crippen molar-refractivity contribution in [2.24, 2.45) is 29.1 Å². The molecule has 0 aromatic heterocycles. The van der Waals surface area contributed by atoms with Gasteiger partial charge >= 0.3 is 11.9 Å². The first-order valence-corrected chi connectivity index (χ1v) is 10.4. The summed E-state index contributed by atoms with van der Waals surface area (Å²) >= 11 is 0. The van der Waals surface area contributed by atoms with Crippen molar-refractivity contribution in [1.82, 2.24) is 0 Å². The Kier molecular flexibility index (Phi) is 4.68. The van der Waals surface area contributed by atoms with E-state index in [1.807, 2.05) is 6.08 Å². The lowest BCUT2D eigenvalue weighted by Gasteiger charge is -2.56. The number of rotatable bonds is 2. The number of ketones is 1. The first-order valence-electron chi connectivity index (χ1n) is 10.4. The van der Waals surface area contributed by atoms with E-state index in [0.717, 1.165) is 38.5 Å². The summed E-state index contributed by atoms with van der Waals surface area (Å²) in [6, 6.07) is 0. The van der Waals surface area contributed by atoms with Gasteiger partial charge in [0, 0.05) is 31.6 Å². The van der Waals surface area contributed by atoms with Gasteiger partial charge in [0.25, 0.3) is 0 Å². The van der Waals surface area contributed by atoms with E-state index in [4.69, 9.17) is 9.47 Å². The molecule has 0 heterocycles. The van der Waals surface area contributed by atoms with E-state index in [0.29, 0.717) is 24.2 Å². The van der Waals surface area contributed by atoms with Crippen LogP contribution in [0.4, 0.5) is 0 Å². The highest BCUT2D eigenvalue weighted by Crippen LogP contribution is 2.62. The molecule has 0 N–H and O–H groups in total. The van der Waals surface area contributed by atoms with Crippen LogP contribution < -0.4 is 0 Å². The molecule has 3 fully saturated rings. The molecule has 0 aromatic rings. The molecule has 0 unspecified atom stereocenters. The van der Waals surface area contributed by atoms with Gasteiger partial charge in [-0.2, -0.15) is 0 Å². The van der Waals surface area contributed by atoms with Crippen LogP contribution >= 0.6 is 0 Å². The zero-order chi connectivity index (χ0) is 19.3. The van der Waals surface area contributed by atoms with Crippen molar-refractivity contribution in [1.29, 1.82) is 0 Å². The molecule has 4 aliphatic rings. The molecular formula is C22H30O5. The number of fused-ring (bicyclic) bond motifs is 5. The Labute approximate surface area is 160 Å². The van der Waals surface area contributed by atoms with Crippen LogP contribution in [-0.2, 0) is 23.9 Å². The smallest absolute Gasteiger partial charge is 0.302 e. The predicted molar refractivity (Wildman–Crippen MR) is 98.6 cm³/mol. The second-order valence-electron chi connectivity index (χ2n) is 9.25. The summed E-state index contributed by atoms with van der Waals surface area (Å²) in [6.07, 6.45) is 7.78. The fraction of sp³-hybridized carbons (Fsp3) is 0.773. The number of ether oxygens (including phenoxy) is 2. The molecule has 148 valence electrons. The quantitative estimate of drug-likeness (QED) is 0.691. The van der Waals surface area contributed by atoms with Gasteiger partial charge in [-0.25, -0.2) is 0 Å². The molecule has 0 aromatic carbocycles. The second kappa shape index (κ2) is 6.75. The number of hydrogen-bond donors (Lipinski definition) is 0. The Bertz CT molecular complexity index is 695. The summed E-state index contributed by atoms with van der Waals surface area (Å²) in [5.74, 6) is 1.35. The second-order valence-corrected chi connectivity index (χ2v) is 9.25. The molecule has 0 saturated heterocycles. The van der Waals surface area contributed by atoms with Gasteiger partial charge in [-0.1, -0.05) is 12.5 Å². The maximum atomic E-state index is 11.9. The van der Waals surface area contributed by atoms with E-state index in [2.05, 4.69) is 6.92 Å². The molecule has 27 heavy (non-hydrogen) atoms. The molecule has 5 heteroatoms. The maximum Gasteiger partial charge on any atom is 0.302 e. The molecular weight excluding hydrogens is 344 g/mol. The number of hydrogen-bond acceptors (Lipinski definition) is 5. The van der Waals surface area contributed by atoms with Crippen LogP contribution in [0.2, 0.25) is 0 Å². The van der Waals surface area contributed by atoms with Crippen molar-refractivity contribution in [3.8, 4) is 0 Å². The highest BCUT2D eigenvalue weighted by Gasteiger charge is 2.61. The summed E-state index contributed by atoms with van der Waals surface area (Å²) in [6.45, 7) is 5.18. The number of carbonyl (C=O) groups is 3. The highest BCUT2D eigenvalue weighted by atomic mass is 16.5. The molecule has 0 spiro atoms. The van der Waals surface area contributed by atoms with Crippen molar-refractivity contribution in [3.05, 3.63) is 11.6 Å². The van der Waals surface area contributed by atoms with Crippen LogP contribution in [0, 0.1) is 29.1 Å². The Morgan fingerprint density at radius 3 is 2.48 bits per heavy atom. The van der Waals surface area contributed by atoms with Crippen LogP contribution in [0.1, 0.15) is 65.7 Å². The van der Waals surface area contributed by atoms with Gasteiger partial charge in [0.15, 0.2) is 5.78 Å². The first kappa shape index (κ1) is 18.7. The number of esters is 2. The van der Waals surface area contributed by atoms with Crippen molar-refractivity contribution >= 4 is 17.7 Å². The molecule has 0 radical (unpaired) electrons. The predicted octanol–water partition coefficient (Wildman–Crippen LogP) is 3.60. The molecule has 0 aliphatic heterocycles. The van der Waals surface area contributed by atoms with Crippen LogP contribution in [0.15, 0.2) is 11.6 Å². The zero-order valence-corrected chi connectivity index (χ0v) is 16.5. The normalized spacial score (nSPS) is 43.1. The summed E-state index contributed by atoms with van der Waals surface area (Å²) in [5.41, 5.74) is 1.13. The molecule has 0 bridgehead atoms. The van der Waals surface area contributed by atoms with E-state index in [1.54, 1.807) is 0 Å².